The second kappa shape index (κ2) is 4.93. The van der Waals surface area contributed by atoms with Crippen molar-refractivity contribution in [2.24, 2.45) is 0 Å². The van der Waals surface area contributed by atoms with Gasteiger partial charge in [0.15, 0.2) is 6.79 Å². The Bertz CT molecular complexity index is 409. The van der Waals surface area contributed by atoms with Crippen molar-refractivity contribution in [3.63, 3.8) is 0 Å². The van der Waals surface area contributed by atoms with Crippen molar-refractivity contribution in [2.45, 2.75) is 30.4 Å². The zero-order valence-corrected chi connectivity index (χ0v) is 10.2. The summed E-state index contributed by atoms with van der Waals surface area (Å²) in [6, 6.07) is 0. The molecule has 1 saturated heterocycles. The molecule has 1 aliphatic rings. The molecule has 0 aromatic carbocycles. The summed E-state index contributed by atoms with van der Waals surface area (Å²) in [6.45, 7) is 1.04. The van der Waals surface area contributed by atoms with Gasteiger partial charge >= 0.3 is 18.3 Å². The summed E-state index contributed by atoms with van der Waals surface area (Å²) < 4.78 is 77.7. The maximum absolute atomic E-state index is 13.4. The minimum absolute atomic E-state index is 0.535. The Hall–Kier alpha value is -1.26. The molecule has 116 valence electrons. The molecular formula is C10H11F5O5. The minimum atomic E-state index is -5.80. The number of carbonyl (C=O) groups excluding carboxylic acids is 1. The first kappa shape index (κ1) is 16.8. The lowest BCUT2D eigenvalue weighted by Gasteiger charge is -2.50. The zero-order chi connectivity index (χ0) is 15.8. The number of hydrogen-bond acceptors (Lipinski definition) is 5. The molecule has 0 bridgehead atoms. The van der Waals surface area contributed by atoms with E-state index >= 15 is 0 Å². The summed E-state index contributed by atoms with van der Waals surface area (Å²) >= 11 is 0. The zero-order valence-electron chi connectivity index (χ0n) is 10.2. The quantitative estimate of drug-likeness (QED) is 0.484. The van der Waals surface area contributed by atoms with Gasteiger partial charge in [0.1, 0.15) is 12.2 Å². The van der Waals surface area contributed by atoms with Crippen LogP contribution in [-0.4, -0.2) is 48.0 Å². The van der Waals surface area contributed by atoms with Crippen LogP contribution < -0.4 is 0 Å². The van der Waals surface area contributed by atoms with Crippen molar-refractivity contribution in [3.8, 4) is 0 Å². The Morgan fingerprint density at radius 3 is 2.45 bits per heavy atom. The molecule has 5 nitrogen and oxygen atoms in total. The smallest absolute Gasteiger partial charge is 0.429 e. The van der Waals surface area contributed by atoms with Gasteiger partial charge in [-0.05, 0) is 6.92 Å². The molecule has 2 atom stereocenters. The fraction of sp³-hybridized carbons (Fsp3) is 0.700. The molecule has 2 unspecified atom stereocenters. The molecule has 0 radical (unpaired) electrons. The van der Waals surface area contributed by atoms with Gasteiger partial charge in [0, 0.05) is 6.08 Å². The lowest BCUT2D eigenvalue weighted by molar-refractivity contribution is -0.493. The van der Waals surface area contributed by atoms with Crippen LogP contribution in [0.5, 0.6) is 0 Å². The number of rotatable bonds is 3. The third kappa shape index (κ3) is 2.38. The van der Waals surface area contributed by atoms with Crippen molar-refractivity contribution in [1.82, 2.24) is 0 Å². The van der Waals surface area contributed by atoms with Crippen LogP contribution in [0.15, 0.2) is 12.7 Å². The van der Waals surface area contributed by atoms with E-state index in [0.29, 0.717) is 13.0 Å². The Morgan fingerprint density at radius 2 is 2.00 bits per heavy atom. The highest BCUT2D eigenvalue weighted by atomic mass is 19.4. The van der Waals surface area contributed by atoms with Crippen LogP contribution in [0.4, 0.5) is 22.0 Å². The summed E-state index contributed by atoms with van der Waals surface area (Å²) in [5.41, 5.74) is -7.64. The van der Waals surface area contributed by atoms with E-state index < -0.39 is 42.9 Å². The van der Waals surface area contributed by atoms with Gasteiger partial charge in [-0.3, -0.25) is 4.74 Å². The van der Waals surface area contributed by atoms with E-state index in [0.717, 1.165) is 0 Å². The van der Waals surface area contributed by atoms with Crippen molar-refractivity contribution in [2.75, 3.05) is 13.4 Å². The number of aliphatic hydroxyl groups is 1. The van der Waals surface area contributed by atoms with E-state index in [-0.39, 0.29) is 0 Å². The van der Waals surface area contributed by atoms with E-state index in [1.54, 1.807) is 0 Å². The SMILES string of the molecule is C=CC(=O)OCC1(C)OCOC(F)(F)C1(O)C(F)(F)F. The van der Waals surface area contributed by atoms with Gasteiger partial charge in [-0.1, -0.05) is 6.58 Å². The van der Waals surface area contributed by atoms with E-state index in [1.807, 2.05) is 0 Å². The number of alkyl halides is 5. The van der Waals surface area contributed by atoms with Crippen LogP contribution in [0, 0.1) is 0 Å². The molecule has 0 saturated carbocycles. The molecule has 10 heteroatoms. The van der Waals surface area contributed by atoms with Gasteiger partial charge in [0.2, 0.25) is 0 Å². The normalized spacial score (nSPS) is 33.5. The number of hydrogen-bond donors (Lipinski definition) is 1. The standard InChI is InChI=1S/C10H11F5O5/c1-3-6(16)18-4-7(2)8(17,9(11,12)13)10(14,15)20-5-19-7/h3,17H,1,4-5H2,2H3. The summed E-state index contributed by atoms with van der Waals surface area (Å²) in [7, 11) is 0. The number of halogens is 5. The topological polar surface area (TPSA) is 65.0 Å². The van der Waals surface area contributed by atoms with Gasteiger partial charge in [0.05, 0.1) is 0 Å². The Morgan fingerprint density at radius 1 is 1.45 bits per heavy atom. The predicted octanol–water partition coefficient (Wildman–Crippen LogP) is 1.36. The first-order valence-electron chi connectivity index (χ1n) is 5.15. The second-order valence-corrected chi connectivity index (χ2v) is 4.17. The molecule has 20 heavy (non-hydrogen) atoms. The molecule has 1 rings (SSSR count). The van der Waals surface area contributed by atoms with Crippen molar-refractivity contribution in [1.29, 1.82) is 0 Å². The number of carbonyl (C=O) groups is 1. The first-order chi connectivity index (χ1) is 8.91. The van der Waals surface area contributed by atoms with Crippen LogP contribution in [0.25, 0.3) is 0 Å². The van der Waals surface area contributed by atoms with Gasteiger partial charge < -0.3 is 14.6 Å². The van der Waals surface area contributed by atoms with Crippen LogP contribution in [0.1, 0.15) is 6.92 Å². The van der Waals surface area contributed by atoms with Crippen molar-refractivity contribution < 1.29 is 46.1 Å². The third-order valence-corrected chi connectivity index (χ3v) is 2.87. The largest absolute Gasteiger partial charge is 0.459 e. The summed E-state index contributed by atoms with van der Waals surface area (Å²) in [5.74, 6) is -1.16. The molecule has 0 aliphatic carbocycles. The van der Waals surface area contributed by atoms with Gasteiger partial charge in [-0.2, -0.15) is 22.0 Å². The molecule has 1 N–H and O–H groups in total. The summed E-state index contributed by atoms with van der Waals surface area (Å²) in [6.07, 6.45) is -10.2. The molecule has 0 amide bonds. The summed E-state index contributed by atoms with van der Waals surface area (Å²) in [5, 5.41) is 9.50. The fourth-order valence-electron chi connectivity index (χ4n) is 1.63. The Labute approximate surface area is 109 Å². The van der Waals surface area contributed by atoms with E-state index in [4.69, 9.17) is 0 Å². The first-order valence-corrected chi connectivity index (χ1v) is 5.15. The highest BCUT2D eigenvalue weighted by Gasteiger charge is 2.81. The molecule has 0 aromatic heterocycles. The minimum Gasteiger partial charge on any atom is -0.459 e. The predicted molar refractivity (Wildman–Crippen MR) is 52.5 cm³/mol. The molecule has 1 aliphatic heterocycles. The van der Waals surface area contributed by atoms with Crippen LogP contribution in [0.2, 0.25) is 0 Å². The molecule has 1 fully saturated rings. The number of ether oxygens (including phenoxy) is 3. The average molecular weight is 306 g/mol. The lowest BCUT2D eigenvalue weighted by Crippen LogP contribution is -2.76. The molecular weight excluding hydrogens is 295 g/mol. The second-order valence-electron chi connectivity index (χ2n) is 4.17. The summed E-state index contributed by atoms with van der Waals surface area (Å²) in [4.78, 5) is 10.8. The maximum Gasteiger partial charge on any atom is 0.429 e. The Kier molecular flexibility index (Phi) is 4.14. The molecule has 0 aromatic rings. The lowest BCUT2D eigenvalue weighted by atomic mass is 9.81. The van der Waals surface area contributed by atoms with Crippen molar-refractivity contribution in [3.05, 3.63) is 12.7 Å². The van der Waals surface area contributed by atoms with Gasteiger partial charge in [-0.25, -0.2) is 4.79 Å². The Balaban J connectivity index is 3.19. The molecule has 0 spiro atoms. The molecule has 1 heterocycles. The third-order valence-electron chi connectivity index (χ3n) is 2.87. The highest BCUT2D eigenvalue weighted by Crippen LogP contribution is 2.52. The number of esters is 1. The van der Waals surface area contributed by atoms with Gasteiger partial charge in [0.25, 0.3) is 5.60 Å². The van der Waals surface area contributed by atoms with E-state index in [2.05, 4.69) is 20.8 Å². The van der Waals surface area contributed by atoms with Crippen LogP contribution >= 0.6 is 0 Å². The average Bonchev–Trinajstić information content (AvgIpc) is 2.31. The van der Waals surface area contributed by atoms with E-state index in [9.17, 15) is 31.9 Å². The monoisotopic (exact) mass is 306 g/mol. The highest BCUT2D eigenvalue weighted by molar-refractivity contribution is 5.81. The van der Waals surface area contributed by atoms with E-state index in [1.165, 1.54) is 0 Å². The van der Waals surface area contributed by atoms with Crippen molar-refractivity contribution >= 4 is 5.97 Å². The van der Waals surface area contributed by atoms with Gasteiger partial charge in [-0.15, -0.1) is 0 Å². The van der Waals surface area contributed by atoms with Crippen LogP contribution in [0.3, 0.4) is 0 Å². The van der Waals surface area contributed by atoms with Crippen LogP contribution in [-0.2, 0) is 19.0 Å². The fourth-order valence-corrected chi connectivity index (χ4v) is 1.63. The maximum atomic E-state index is 13.4.